The number of hydrogen-bond donors (Lipinski definition) is 0. The quantitative estimate of drug-likeness (QED) is 0.152. The number of aryl methyl sites for hydroxylation is 1. The van der Waals surface area contributed by atoms with Gasteiger partial charge in [0.2, 0.25) is 6.41 Å². The molecule has 0 saturated carbocycles. The topological polar surface area (TPSA) is 75.7 Å². The van der Waals surface area contributed by atoms with Crippen molar-refractivity contribution in [2.24, 2.45) is 17.1 Å². The molecule has 7 nitrogen and oxygen atoms in total. The zero-order valence-electron chi connectivity index (χ0n) is 22.0. The van der Waals surface area contributed by atoms with Gasteiger partial charge >= 0.3 is 0 Å². The first-order chi connectivity index (χ1) is 18.5. The predicted molar refractivity (Wildman–Crippen MR) is 155 cm³/mol. The molecule has 2 aromatic heterocycles. The molecule has 0 N–H and O–H groups in total. The lowest BCUT2D eigenvalue weighted by molar-refractivity contribution is -0.118. The van der Waals surface area contributed by atoms with E-state index in [1.807, 2.05) is 87.5 Å². The van der Waals surface area contributed by atoms with Crippen molar-refractivity contribution in [2.75, 3.05) is 0 Å². The fraction of sp³-hybridized carbons (Fsp3) is 0.167. The first-order valence-corrected chi connectivity index (χ1v) is 12.6. The summed E-state index contributed by atoms with van der Waals surface area (Å²) < 4.78 is 1.66. The average molecular weight is 527 g/mol. The van der Waals surface area contributed by atoms with Gasteiger partial charge in [0, 0.05) is 35.6 Å². The largest absolute Gasteiger partial charge is 0.277 e. The number of nitrogens with zero attached hydrogens (tertiary/aromatic N) is 6. The number of benzene rings is 2. The molecular formula is C30H31ClN6O. The van der Waals surface area contributed by atoms with E-state index in [1.165, 1.54) is 5.01 Å². The molecule has 0 bridgehead atoms. The van der Waals surface area contributed by atoms with Gasteiger partial charge in [0.25, 0.3) is 0 Å². The van der Waals surface area contributed by atoms with E-state index >= 15 is 0 Å². The molecule has 0 aliphatic carbocycles. The molecule has 0 aliphatic rings. The Morgan fingerprint density at radius 3 is 2.26 bits per heavy atom. The number of carbonyl (C=O) groups is 1. The molecule has 2 aromatic carbocycles. The summed E-state index contributed by atoms with van der Waals surface area (Å²) in [6.07, 6.45) is 7.84. The zero-order valence-corrected chi connectivity index (χ0v) is 22.8. The van der Waals surface area contributed by atoms with Gasteiger partial charge in [-0.1, -0.05) is 67.9 Å². The number of hydrogen-bond acceptors (Lipinski definition) is 5. The Hall–Kier alpha value is -4.36. The van der Waals surface area contributed by atoms with Crippen molar-refractivity contribution >= 4 is 30.4 Å². The van der Waals surface area contributed by atoms with Crippen molar-refractivity contribution < 1.29 is 4.79 Å². The number of halogens is 1. The number of allylic oxidation sites excluding steroid dienone is 1. The molecule has 4 aromatic rings. The normalized spacial score (nSPS) is 11.4. The highest BCUT2D eigenvalue weighted by atomic mass is 35.5. The number of aliphatic imine (C=N–C) groups is 1. The van der Waals surface area contributed by atoms with E-state index in [2.05, 4.69) is 21.8 Å². The molecule has 0 unspecified atom stereocenters. The lowest BCUT2D eigenvalue weighted by Gasteiger charge is -2.16. The van der Waals surface area contributed by atoms with E-state index in [1.54, 1.807) is 30.3 Å². The highest BCUT2D eigenvalue weighted by Crippen LogP contribution is 2.29. The summed E-state index contributed by atoms with van der Waals surface area (Å²) in [5.41, 5.74) is 6.73. The molecule has 0 atom stereocenters. The molecule has 0 saturated heterocycles. The fourth-order valence-corrected chi connectivity index (χ4v) is 3.97. The Balaban J connectivity index is 0.00000195. The van der Waals surface area contributed by atoms with E-state index in [9.17, 15) is 4.79 Å². The second-order valence-electron chi connectivity index (χ2n) is 7.96. The second-order valence-corrected chi connectivity index (χ2v) is 8.39. The zero-order chi connectivity index (χ0) is 27.5. The van der Waals surface area contributed by atoms with Gasteiger partial charge in [-0.25, -0.2) is 9.69 Å². The highest BCUT2D eigenvalue weighted by molar-refractivity contribution is 6.30. The third-order valence-corrected chi connectivity index (χ3v) is 5.92. The van der Waals surface area contributed by atoms with Gasteiger partial charge in [-0.2, -0.15) is 5.10 Å². The Bertz CT molecular complexity index is 1460. The summed E-state index contributed by atoms with van der Waals surface area (Å²) in [7, 11) is 1.80. The maximum Gasteiger partial charge on any atom is 0.230 e. The van der Waals surface area contributed by atoms with Crippen LogP contribution in [0.25, 0.3) is 28.0 Å². The number of pyridine rings is 1. The summed E-state index contributed by atoms with van der Waals surface area (Å²) >= 11 is 6.12. The van der Waals surface area contributed by atoms with Gasteiger partial charge in [0.1, 0.15) is 0 Å². The van der Waals surface area contributed by atoms with E-state index < -0.39 is 0 Å². The Morgan fingerprint density at radius 1 is 1.03 bits per heavy atom. The van der Waals surface area contributed by atoms with Crippen LogP contribution in [0.5, 0.6) is 0 Å². The van der Waals surface area contributed by atoms with Crippen molar-refractivity contribution in [3.05, 3.63) is 107 Å². The van der Waals surface area contributed by atoms with Gasteiger partial charge in [0.05, 0.1) is 18.4 Å². The Morgan fingerprint density at radius 2 is 1.68 bits per heavy atom. The first kappa shape index (κ1) is 28.2. The van der Waals surface area contributed by atoms with Crippen molar-refractivity contribution in [2.45, 2.75) is 27.3 Å². The van der Waals surface area contributed by atoms with Gasteiger partial charge in [-0.3, -0.25) is 14.8 Å². The van der Waals surface area contributed by atoms with Gasteiger partial charge < -0.3 is 0 Å². The number of rotatable bonds is 8. The maximum atomic E-state index is 12.1. The summed E-state index contributed by atoms with van der Waals surface area (Å²) in [6.45, 7) is 9.81. The molecule has 38 heavy (non-hydrogen) atoms. The van der Waals surface area contributed by atoms with E-state index in [0.717, 1.165) is 39.1 Å². The van der Waals surface area contributed by atoms with Crippen LogP contribution in [0.15, 0.2) is 95.4 Å². The minimum atomic E-state index is 0.289. The maximum absolute atomic E-state index is 12.1. The summed E-state index contributed by atoms with van der Waals surface area (Å²) in [4.78, 5) is 20.3. The average Bonchev–Trinajstić information content (AvgIpc) is 2.97. The smallest absolute Gasteiger partial charge is 0.230 e. The minimum absolute atomic E-state index is 0.289. The van der Waals surface area contributed by atoms with E-state index in [4.69, 9.17) is 16.7 Å². The lowest BCUT2D eigenvalue weighted by atomic mass is 9.98. The minimum Gasteiger partial charge on any atom is -0.277 e. The van der Waals surface area contributed by atoms with Gasteiger partial charge in [0.15, 0.2) is 5.49 Å². The van der Waals surface area contributed by atoms with Crippen LogP contribution in [0.2, 0.25) is 5.02 Å². The van der Waals surface area contributed by atoms with Crippen LogP contribution in [-0.2, 0) is 18.4 Å². The molecule has 0 radical (unpaired) electrons. The molecule has 8 heteroatoms. The van der Waals surface area contributed by atoms with Crippen molar-refractivity contribution in [1.29, 1.82) is 0 Å². The van der Waals surface area contributed by atoms with Gasteiger partial charge in [-0.05, 0) is 60.2 Å². The second kappa shape index (κ2) is 13.8. The van der Waals surface area contributed by atoms with Crippen LogP contribution in [0.3, 0.4) is 0 Å². The van der Waals surface area contributed by atoms with Crippen LogP contribution in [-0.4, -0.2) is 32.9 Å². The van der Waals surface area contributed by atoms with Crippen molar-refractivity contribution in [3.63, 3.8) is 0 Å². The van der Waals surface area contributed by atoms with Crippen LogP contribution in [0.1, 0.15) is 31.9 Å². The summed E-state index contributed by atoms with van der Waals surface area (Å²) in [5.74, 6) is 0. The Kier molecular flexibility index (Phi) is 10.3. The number of carbonyl (C=O) groups excluding carboxylic acids is 1. The van der Waals surface area contributed by atoms with Crippen LogP contribution in [0, 0.1) is 0 Å². The molecule has 2 heterocycles. The first-order valence-electron chi connectivity index (χ1n) is 12.3. The summed E-state index contributed by atoms with van der Waals surface area (Å²) in [6, 6.07) is 19.1. The third kappa shape index (κ3) is 6.69. The van der Waals surface area contributed by atoms with Crippen molar-refractivity contribution in [1.82, 2.24) is 19.8 Å². The lowest BCUT2D eigenvalue weighted by Crippen LogP contribution is -2.29. The van der Waals surface area contributed by atoms with Crippen LogP contribution in [0.4, 0.5) is 0 Å². The molecule has 194 valence electrons. The van der Waals surface area contributed by atoms with Gasteiger partial charge in [-0.15, -0.1) is 5.10 Å². The SMILES string of the molecule is C=N/C(=C\C)c1ccc(CN(C=O)/N=c2/c(-c3ccncc3)c(-c3ccc(Cl)cc3)cnn2C)cc1.CC. The van der Waals surface area contributed by atoms with Crippen LogP contribution < -0.4 is 5.49 Å². The number of aromatic nitrogens is 3. The number of amides is 1. The van der Waals surface area contributed by atoms with Crippen molar-refractivity contribution in [3.8, 4) is 22.3 Å². The third-order valence-electron chi connectivity index (χ3n) is 5.67. The highest BCUT2D eigenvalue weighted by Gasteiger charge is 2.14. The van der Waals surface area contributed by atoms with E-state index in [0.29, 0.717) is 16.9 Å². The Labute approximate surface area is 228 Å². The molecule has 4 rings (SSSR count). The predicted octanol–water partition coefficient (Wildman–Crippen LogP) is 6.36. The standard InChI is InChI=1S/C28H25ClN6O.C2H6/c1-4-26(30-2)22-7-5-20(6-8-22)18-35(19-36)33-28-27(23-13-15-31-16-14-23)25(17-32-34(28)3)21-9-11-24(29)12-10-21;1-2/h4-17,19H,2,18H2,1,3H3;1-2H3/b26-4-,33-28-;. The molecular weight excluding hydrogens is 496 g/mol. The molecule has 0 fully saturated rings. The molecule has 0 aliphatic heterocycles. The summed E-state index contributed by atoms with van der Waals surface area (Å²) in [5, 5.41) is 11.2. The molecule has 1 amide bonds. The monoisotopic (exact) mass is 526 g/mol. The van der Waals surface area contributed by atoms with E-state index in [-0.39, 0.29) is 6.54 Å². The molecule has 0 spiro atoms. The fourth-order valence-electron chi connectivity index (χ4n) is 3.85. The van der Waals surface area contributed by atoms with Crippen LogP contribution >= 0.6 is 11.6 Å².